The van der Waals surface area contributed by atoms with Crippen LogP contribution in [0.5, 0.6) is 5.75 Å². The largest absolute Gasteiger partial charge is 0.497 e. The van der Waals surface area contributed by atoms with Crippen LogP contribution < -0.4 is 15.6 Å². The first-order valence-corrected chi connectivity index (χ1v) is 9.42. The van der Waals surface area contributed by atoms with Gasteiger partial charge in [-0.15, -0.1) is 0 Å². The molecule has 6 nitrogen and oxygen atoms in total. The number of carbonyl (C=O) groups is 1. The normalized spacial score (nSPS) is 12.2. The van der Waals surface area contributed by atoms with E-state index in [2.05, 4.69) is 10.4 Å². The number of hydrogen-bond acceptors (Lipinski definition) is 4. The van der Waals surface area contributed by atoms with Gasteiger partial charge in [-0.2, -0.15) is 5.10 Å². The van der Waals surface area contributed by atoms with Gasteiger partial charge in [0, 0.05) is 5.39 Å². The highest BCUT2D eigenvalue weighted by Gasteiger charge is 2.20. The predicted octanol–water partition coefficient (Wildman–Crippen LogP) is 3.87. The molecule has 1 heterocycles. The van der Waals surface area contributed by atoms with E-state index in [9.17, 15) is 9.59 Å². The van der Waals surface area contributed by atoms with Crippen LogP contribution in [0.1, 0.15) is 55.3 Å². The monoisotopic (exact) mass is 379 g/mol. The predicted molar refractivity (Wildman–Crippen MR) is 110 cm³/mol. The average molecular weight is 379 g/mol. The topological polar surface area (TPSA) is 73.2 Å². The molecule has 0 spiro atoms. The Kier molecular flexibility index (Phi) is 5.78. The number of rotatable bonds is 6. The second-order valence-corrected chi connectivity index (χ2v) is 6.95. The number of amides is 1. The number of carbonyl (C=O) groups excluding carboxylic acids is 1. The van der Waals surface area contributed by atoms with Crippen molar-refractivity contribution in [1.29, 1.82) is 0 Å². The van der Waals surface area contributed by atoms with E-state index in [1.165, 1.54) is 4.68 Å². The van der Waals surface area contributed by atoms with Crippen molar-refractivity contribution in [1.82, 2.24) is 15.1 Å². The molecule has 1 unspecified atom stereocenters. The van der Waals surface area contributed by atoms with Gasteiger partial charge in [0.15, 0.2) is 5.69 Å². The zero-order valence-corrected chi connectivity index (χ0v) is 16.6. The van der Waals surface area contributed by atoms with Gasteiger partial charge in [-0.05, 0) is 44.0 Å². The number of ether oxygens (including phenoxy) is 1. The highest BCUT2D eigenvalue weighted by Crippen LogP contribution is 2.22. The SMILES string of the molecule is CCC(NC(=O)c1nn(C(C)C)c(=O)c2ccccc12)c1ccc(OC)cc1. The Bertz CT molecular complexity index is 1040. The molecule has 28 heavy (non-hydrogen) atoms. The number of aromatic nitrogens is 2. The number of nitrogens with one attached hydrogen (secondary N) is 1. The molecule has 1 aromatic heterocycles. The fourth-order valence-electron chi connectivity index (χ4n) is 3.21. The maximum Gasteiger partial charge on any atom is 0.274 e. The summed E-state index contributed by atoms with van der Waals surface area (Å²) >= 11 is 0. The van der Waals surface area contributed by atoms with Gasteiger partial charge in [0.1, 0.15) is 5.75 Å². The minimum Gasteiger partial charge on any atom is -0.497 e. The lowest BCUT2D eigenvalue weighted by Crippen LogP contribution is -2.33. The second kappa shape index (κ2) is 8.25. The molecule has 2 aromatic carbocycles. The summed E-state index contributed by atoms with van der Waals surface area (Å²) in [6.45, 7) is 5.75. The van der Waals surface area contributed by atoms with E-state index in [1.54, 1.807) is 31.4 Å². The van der Waals surface area contributed by atoms with Gasteiger partial charge in [0.25, 0.3) is 11.5 Å². The van der Waals surface area contributed by atoms with E-state index < -0.39 is 0 Å². The Morgan fingerprint density at radius 2 is 1.75 bits per heavy atom. The van der Waals surface area contributed by atoms with Gasteiger partial charge in [0.2, 0.25) is 0 Å². The summed E-state index contributed by atoms with van der Waals surface area (Å²) < 4.78 is 6.56. The van der Waals surface area contributed by atoms with Crippen molar-refractivity contribution in [3.63, 3.8) is 0 Å². The van der Waals surface area contributed by atoms with Gasteiger partial charge >= 0.3 is 0 Å². The van der Waals surface area contributed by atoms with Crippen LogP contribution in [0.25, 0.3) is 10.8 Å². The summed E-state index contributed by atoms with van der Waals surface area (Å²) in [5, 5.41) is 8.49. The van der Waals surface area contributed by atoms with Crippen molar-refractivity contribution in [3.05, 3.63) is 70.1 Å². The fourth-order valence-corrected chi connectivity index (χ4v) is 3.21. The smallest absolute Gasteiger partial charge is 0.274 e. The molecule has 3 aromatic rings. The van der Waals surface area contributed by atoms with Crippen LogP contribution in [0.15, 0.2) is 53.3 Å². The van der Waals surface area contributed by atoms with Crippen LogP contribution in [0, 0.1) is 0 Å². The number of methoxy groups -OCH3 is 1. The fraction of sp³-hybridized carbons (Fsp3) is 0.318. The number of hydrogen-bond donors (Lipinski definition) is 1. The molecule has 1 N–H and O–H groups in total. The third kappa shape index (κ3) is 3.76. The minimum atomic E-state index is -0.298. The summed E-state index contributed by atoms with van der Waals surface area (Å²) in [5.41, 5.74) is 1.05. The Morgan fingerprint density at radius 1 is 1.11 bits per heavy atom. The highest BCUT2D eigenvalue weighted by atomic mass is 16.5. The molecule has 0 aliphatic rings. The third-order valence-corrected chi connectivity index (χ3v) is 4.76. The molecular formula is C22H25N3O3. The lowest BCUT2D eigenvalue weighted by molar-refractivity contribution is 0.0929. The van der Waals surface area contributed by atoms with Crippen molar-refractivity contribution in [2.45, 2.75) is 39.3 Å². The molecule has 0 radical (unpaired) electrons. The van der Waals surface area contributed by atoms with E-state index in [0.29, 0.717) is 10.8 Å². The maximum atomic E-state index is 13.1. The second-order valence-electron chi connectivity index (χ2n) is 6.95. The zero-order valence-electron chi connectivity index (χ0n) is 16.6. The summed E-state index contributed by atoms with van der Waals surface area (Å²) in [6.07, 6.45) is 0.722. The molecule has 1 atom stereocenters. The molecule has 0 aliphatic heterocycles. The standard InChI is InChI=1S/C22H25N3O3/c1-5-19(15-10-12-16(28-4)13-11-15)23-21(26)20-17-8-6-7-9-18(17)22(27)25(24-20)14(2)3/h6-14,19H,5H2,1-4H3,(H,23,26). The van der Waals surface area contributed by atoms with Crippen LogP contribution in [0.3, 0.4) is 0 Å². The Morgan fingerprint density at radius 3 is 2.32 bits per heavy atom. The van der Waals surface area contributed by atoms with Gasteiger partial charge in [-0.3, -0.25) is 9.59 Å². The summed E-state index contributed by atoms with van der Waals surface area (Å²) in [4.78, 5) is 25.8. The van der Waals surface area contributed by atoms with Gasteiger partial charge < -0.3 is 10.1 Å². The lowest BCUT2D eigenvalue weighted by Gasteiger charge is -2.19. The molecule has 0 aliphatic carbocycles. The van der Waals surface area contributed by atoms with E-state index in [1.807, 2.05) is 45.0 Å². The number of nitrogens with zero attached hydrogens (tertiary/aromatic N) is 2. The summed E-state index contributed by atoms with van der Waals surface area (Å²) in [6, 6.07) is 14.4. The van der Waals surface area contributed by atoms with E-state index in [0.717, 1.165) is 17.7 Å². The highest BCUT2D eigenvalue weighted by molar-refractivity contribution is 6.04. The first-order valence-electron chi connectivity index (χ1n) is 9.42. The maximum absolute atomic E-state index is 13.1. The van der Waals surface area contributed by atoms with E-state index in [4.69, 9.17) is 4.74 Å². The Balaban J connectivity index is 2.00. The zero-order chi connectivity index (χ0) is 20.3. The third-order valence-electron chi connectivity index (χ3n) is 4.76. The van der Waals surface area contributed by atoms with Crippen molar-refractivity contribution in [2.75, 3.05) is 7.11 Å². The van der Waals surface area contributed by atoms with Crippen molar-refractivity contribution in [2.24, 2.45) is 0 Å². The van der Waals surface area contributed by atoms with Gasteiger partial charge in [0.05, 0.1) is 24.6 Å². The van der Waals surface area contributed by atoms with Gasteiger partial charge in [-0.25, -0.2) is 4.68 Å². The molecule has 0 fully saturated rings. The molecule has 146 valence electrons. The number of benzene rings is 2. The Labute approximate surface area is 164 Å². The number of fused-ring (bicyclic) bond motifs is 1. The van der Waals surface area contributed by atoms with E-state index in [-0.39, 0.29) is 29.2 Å². The van der Waals surface area contributed by atoms with Crippen LogP contribution in [-0.2, 0) is 0 Å². The van der Waals surface area contributed by atoms with Crippen LogP contribution in [0.2, 0.25) is 0 Å². The lowest BCUT2D eigenvalue weighted by atomic mass is 10.0. The molecule has 3 rings (SSSR count). The average Bonchev–Trinajstić information content (AvgIpc) is 2.72. The van der Waals surface area contributed by atoms with Crippen molar-refractivity contribution < 1.29 is 9.53 Å². The first-order chi connectivity index (χ1) is 13.5. The van der Waals surface area contributed by atoms with Crippen molar-refractivity contribution in [3.8, 4) is 5.75 Å². The van der Waals surface area contributed by atoms with E-state index >= 15 is 0 Å². The van der Waals surface area contributed by atoms with Crippen molar-refractivity contribution >= 4 is 16.7 Å². The molecule has 6 heteroatoms. The molecule has 0 saturated heterocycles. The first kappa shape index (κ1) is 19.6. The minimum absolute atomic E-state index is 0.146. The van der Waals surface area contributed by atoms with Crippen LogP contribution in [-0.4, -0.2) is 22.8 Å². The van der Waals surface area contributed by atoms with Crippen LogP contribution in [0.4, 0.5) is 0 Å². The molecule has 1 amide bonds. The quantitative estimate of drug-likeness (QED) is 0.706. The molecule has 0 bridgehead atoms. The molecular weight excluding hydrogens is 354 g/mol. The molecule has 0 saturated carbocycles. The Hall–Kier alpha value is -3.15. The van der Waals surface area contributed by atoms with Crippen LogP contribution >= 0.6 is 0 Å². The summed E-state index contributed by atoms with van der Waals surface area (Å²) in [5.74, 6) is 0.467. The summed E-state index contributed by atoms with van der Waals surface area (Å²) in [7, 11) is 1.62. The van der Waals surface area contributed by atoms with Gasteiger partial charge in [-0.1, -0.05) is 37.3 Å².